The van der Waals surface area contributed by atoms with Crippen LogP contribution in [0.2, 0.25) is 0 Å². The summed E-state index contributed by atoms with van der Waals surface area (Å²) in [5.74, 6) is -7.59. The average Bonchev–Trinajstić information content (AvgIpc) is 3.56. The van der Waals surface area contributed by atoms with Crippen LogP contribution in [0.15, 0.2) is 23.2 Å². The van der Waals surface area contributed by atoms with Crippen LogP contribution in [-0.2, 0) is 37.2 Å². The lowest BCUT2D eigenvalue weighted by molar-refractivity contribution is -0.287. The molecule has 2 heterocycles. The minimum Gasteiger partial charge on any atom is -0.465 e. The molecule has 0 bridgehead atoms. The number of anilines is 1. The summed E-state index contributed by atoms with van der Waals surface area (Å²) < 4.78 is 104. The van der Waals surface area contributed by atoms with Crippen LogP contribution in [-0.4, -0.2) is 50.1 Å². The maximum absolute atomic E-state index is 14.2. The molecule has 1 saturated carbocycles. The molecule has 0 unspecified atom stereocenters. The Morgan fingerprint density at radius 3 is 2.24 bits per heavy atom. The molecule has 9 nitrogen and oxygen atoms in total. The smallest absolute Gasteiger partial charge is 0.458 e. The lowest BCUT2D eigenvalue weighted by atomic mass is 10.00. The number of thiophene rings is 1. The van der Waals surface area contributed by atoms with Gasteiger partial charge in [-0.2, -0.15) is 27.2 Å². The van der Waals surface area contributed by atoms with Crippen molar-refractivity contribution in [1.82, 2.24) is 4.98 Å². The van der Waals surface area contributed by atoms with Gasteiger partial charge in [0, 0.05) is 11.1 Å². The summed E-state index contributed by atoms with van der Waals surface area (Å²) in [6.07, 6.45) is -5.14. The Labute approximate surface area is 236 Å². The van der Waals surface area contributed by atoms with Crippen LogP contribution < -0.4 is 4.90 Å². The van der Waals surface area contributed by atoms with Gasteiger partial charge in [0.15, 0.2) is 15.7 Å². The number of methoxy groups -OCH3 is 1. The van der Waals surface area contributed by atoms with Crippen molar-refractivity contribution in [3.8, 4) is 6.07 Å². The van der Waals surface area contributed by atoms with Crippen LogP contribution in [0.3, 0.4) is 0 Å². The first-order valence-electron chi connectivity index (χ1n) is 12.0. The molecule has 1 aliphatic rings. The van der Waals surface area contributed by atoms with Gasteiger partial charge in [-0.3, -0.25) is 4.90 Å². The molecule has 0 saturated heterocycles. The van der Waals surface area contributed by atoms with E-state index in [-0.39, 0.29) is 16.9 Å². The highest BCUT2D eigenvalue weighted by Gasteiger charge is 2.60. The Kier molecular flexibility index (Phi) is 8.50. The molecule has 2 aromatic rings. The van der Waals surface area contributed by atoms with E-state index in [0.717, 1.165) is 7.11 Å². The molecule has 224 valence electrons. The van der Waals surface area contributed by atoms with Gasteiger partial charge < -0.3 is 9.47 Å². The predicted molar refractivity (Wildman–Crippen MR) is 137 cm³/mol. The molecular formula is C25H26F5N3O6S2. The van der Waals surface area contributed by atoms with E-state index < -0.39 is 83.3 Å². The van der Waals surface area contributed by atoms with Crippen molar-refractivity contribution < 1.29 is 49.4 Å². The highest BCUT2D eigenvalue weighted by molar-refractivity contribution is 7.91. The lowest BCUT2D eigenvalue weighted by Crippen LogP contribution is -2.38. The van der Waals surface area contributed by atoms with Crippen molar-refractivity contribution in [2.45, 2.75) is 75.1 Å². The number of nitrogens with zero attached hydrogens (tertiary/aromatic N) is 3. The summed E-state index contributed by atoms with van der Waals surface area (Å²) in [6.45, 7) is 4.90. The number of amides is 1. The van der Waals surface area contributed by atoms with Gasteiger partial charge >= 0.3 is 24.2 Å². The highest BCUT2D eigenvalue weighted by Crippen LogP contribution is 2.49. The van der Waals surface area contributed by atoms with Crippen molar-refractivity contribution in [2.75, 3.05) is 17.8 Å². The fourth-order valence-corrected chi connectivity index (χ4v) is 5.88. The number of hydrogen-bond acceptors (Lipinski definition) is 9. The summed E-state index contributed by atoms with van der Waals surface area (Å²) in [5, 5.41) is 9.59. The van der Waals surface area contributed by atoms with Crippen LogP contribution in [0.25, 0.3) is 0 Å². The first-order chi connectivity index (χ1) is 18.7. The molecule has 1 aliphatic carbocycles. The van der Waals surface area contributed by atoms with Crippen LogP contribution in [0.4, 0.5) is 32.6 Å². The van der Waals surface area contributed by atoms with Crippen molar-refractivity contribution in [2.24, 2.45) is 0 Å². The second-order valence-electron chi connectivity index (χ2n) is 10.2. The van der Waals surface area contributed by atoms with Gasteiger partial charge in [-0.25, -0.2) is 23.0 Å². The van der Waals surface area contributed by atoms with Crippen molar-refractivity contribution in [1.29, 1.82) is 5.26 Å². The number of carbonyl (C=O) groups is 2. The average molecular weight is 624 g/mol. The first-order valence-corrected chi connectivity index (χ1v) is 14.5. The second kappa shape index (κ2) is 10.8. The third-order valence-electron chi connectivity index (χ3n) is 6.12. The number of alkyl halides is 5. The summed E-state index contributed by atoms with van der Waals surface area (Å²) in [4.78, 5) is 28.0. The number of ether oxygens (including phenoxy) is 2. The number of esters is 1. The molecule has 0 N–H and O–H groups in total. The van der Waals surface area contributed by atoms with E-state index in [4.69, 9.17) is 4.74 Å². The first kappa shape index (κ1) is 32.2. The normalized spacial score (nSPS) is 15.1. The maximum atomic E-state index is 14.2. The van der Waals surface area contributed by atoms with E-state index in [1.807, 2.05) is 0 Å². The monoisotopic (exact) mass is 623 g/mol. The van der Waals surface area contributed by atoms with E-state index in [1.165, 1.54) is 40.0 Å². The van der Waals surface area contributed by atoms with E-state index in [9.17, 15) is 45.2 Å². The van der Waals surface area contributed by atoms with Crippen LogP contribution >= 0.6 is 11.3 Å². The molecule has 2 aromatic heterocycles. The summed E-state index contributed by atoms with van der Waals surface area (Å²) in [7, 11) is -3.27. The number of halogens is 5. The number of hydrogen-bond donors (Lipinski definition) is 0. The Balaban J connectivity index is 2.27. The maximum Gasteiger partial charge on any atom is 0.458 e. The van der Waals surface area contributed by atoms with Gasteiger partial charge in [-0.1, -0.05) is 6.92 Å². The minimum atomic E-state index is -5.99. The molecule has 0 radical (unpaired) electrons. The lowest BCUT2D eigenvalue weighted by Gasteiger charge is -2.28. The summed E-state index contributed by atoms with van der Waals surface area (Å²) in [5.41, 5.74) is -2.54. The van der Waals surface area contributed by atoms with E-state index in [1.54, 1.807) is 0 Å². The van der Waals surface area contributed by atoms with E-state index >= 15 is 0 Å². The van der Waals surface area contributed by atoms with Gasteiger partial charge in [0.1, 0.15) is 10.5 Å². The molecule has 41 heavy (non-hydrogen) atoms. The van der Waals surface area contributed by atoms with E-state index in [2.05, 4.69) is 15.8 Å². The van der Waals surface area contributed by atoms with Gasteiger partial charge in [0.05, 0.1) is 41.3 Å². The number of carbonyl (C=O) groups excluding carboxylic acids is 2. The van der Waals surface area contributed by atoms with Gasteiger partial charge in [0.2, 0.25) is 0 Å². The Morgan fingerprint density at radius 1 is 1.17 bits per heavy atom. The second-order valence-corrected chi connectivity index (χ2v) is 13.6. The third-order valence-corrected chi connectivity index (χ3v) is 9.04. The number of pyridine rings is 1. The van der Waals surface area contributed by atoms with Crippen molar-refractivity contribution in [3.63, 3.8) is 0 Å². The predicted octanol–water partition coefficient (Wildman–Crippen LogP) is 5.87. The molecule has 1 amide bonds. The fourth-order valence-electron chi connectivity index (χ4n) is 3.69. The number of rotatable bonds is 8. The molecule has 0 spiro atoms. The Hall–Kier alpha value is -3.32. The summed E-state index contributed by atoms with van der Waals surface area (Å²) >= 11 is -0.105. The molecule has 16 heteroatoms. The standard InChI is InChI=1S/C25H26F5N3O6S2/c1-6-41(36,37)17-9-14(23(13-31)7-8-23)11-32-19(17)33(21(35)39-22(2,3)4)12-16-15(20(34)38-5)10-18(40-16)24(26,27)25(28,29)30/h9-11H,6-8,12H2,1-5H3. The number of aromatic nitrogens is 1. The van der Waals surface area contributed by atoms with Gasteiger partial charge in [-0.05, 0) is 51.3 Å². The molecule has 1 fully saturated rings. The quantitative estimate of drug-likeness (QED) is 0.264. The van der Waals surface area contributed by atoms with Crippen molar-refractivity contribution in [3.05, 3.63) is 39.2 Å². The van der Waals surface area contributed by atoms with E-state index in [0.29, 0.717) is 23.8 Å². The SMILES string of the molecule is CCS(=O)(=O)c1cc(C2(C#N)CC2)cnc1N(Cc1sc(C(F)(F)C(F)(F)F)cc1C(=O)OC)C(=O)OC(C)(C)C. The number of nitriles is 1. The molecular weight excluding hydrogens is 597 g/mol. The molecule has 0 atom stereocenters. The van der Waals surface area contributed by atoms with Gasteiger partial charge in [-0.15, -0.1) is 11.3 Å². The zero-order valence-corrected chi connectivity index (χ0v) is 24.2. The highest BCUT2D eigenvalue weighted by atomic mass is 32.2. The third kappa shape index (κ3) is 6.45. The Bertz CT molecular complexity index is 1500. The van der Waals surface area contributed by atoms with Gasteiger partial charge in [0.25, 0.3) is 0 Å². The van der Waals surface area contributed by atoms with Crippen LogP contribution in [0, 0.1) is 11.3 Å². The van der Waals surface area contributed by atoms with Crippen molar-refractivity contribution >= 4 is 39.1 Å². The zero-order valence-electron chi connectivity index (χ0n) is 22.6. The zero-order chi connectivity index (χ0) is 31.2. The molecule has 0 aromatic carbocycles. The minimum absolute atomic E-state index is 0.105. The van der Waals surface area contributed by atoms with Crippen LogP contribution in [0.1, 0.15) is 66.2 Å². The topological polar surface area (TPSA) is 127 Å². The number of sulfone groups is 1. The Morgan fingerprint density at radius 2 is 1.78 bits per heavy atom. The largest absolute Gasteiger partial charge is 0.465 e. The fraction of sp³-hybridized carbons (Fsp3) is 0.520. The molecule has 3 rings (SSSR count). The summed E-state index contributed by atoms with van der Waals surface area (Å²) in [6, 6.07) is 3.61. The molecule has 0 aliphatic heterocycles. The van der Waals surface area contributed by atoms with Crippen LogP contribution in [0.5, 0.6) is 0 Å².